The monoisotopic (exact) mass is 205 g/mol. The number of aliphatic hydroxyl groups excluding tert-OH is 1. The van der Waals surface area contributed by atoms with Crippen molar-refractivity contribution in [1.29, 1.82) is 0 Å². The molecule has 2 nitrogen and oxygen atoms in total. The molecule has 2 heteroatoms. The van der Waals surface area contributed by atoms with Gasteiger partial charge in [-0.25, -0.2) is 0 Å². The van der Waals surface area contributed by atoms with Crippen LogP contribution in [-0.4, -0.2) is 18.3 Å². The first-order valence-electron chi connectivity index (χ1n) is 5.34. The zero-order valence-electron chi connectivity index (χ0n) is 9.24. The van der Waals surface area contributed by atoms with Crippen molar-refractivity contribution in [2.75, 3.05) is 13.2 Å². The van der Waals surface area contributed by atoms with Crippen LogP contribution < -0.4 is 5.32 Å². The highest BCUT2D eigenvalue weighted by molar-refractivity contribution is 5.14. The van der Waals surface area contributed by atoms with E-state index in [2.05, 4.69) is 17.4 Å². The number of benzene rings is 1. The Morgan fingerprint density at radius 3 is 2.73 bits per heavy atom. The maximum atomic E-state index is 8.67. The summed E-state index contributed by atoms with van der Waals surface area (Å²) in [6.07, 6.45) is 2.84. The van der Waals surface area contributed by atoms with Gasteiger partial charge in [0.1, 0.15) is 0 Å². The van der Waals surface area contributed by atoms with Gasteiger partial charge in [-0.3, -0.25) is 0 Å². The number of aliphatic hydroxyl groups is 1. The summed E-state index contributed by atoms with van der Waals surface area (Å²) >= 11 is 0. The van der Waals surface area contributed by atoms with Crippen molar-refractivity contribution in [3.05, 3.63) is 47.5 Å². The molecule has 82 valence electrons. The Labute approximate surface area is 91.6 Å². The van der Waals surface area contributed by atoms with Gasteiger partial charge in [-0.15, -0.1) is 0 Å². The van der Waals surface area contributed by atoms with Crippen molar-refractivity contribution in [3.63, 3.8) is 0 Å². The van der Waals surface area contributed by atoms with Gasteiger partial charge in [0.25, 0.3) is 0 Å². The highest BCUT2D eigenvalue weighted by Crippen LogP contribution is 1.99. The second-order valence-corrected chi connectivity index (χ2v) is 3.65. The average molecular weight is 205 g/mol. The van der Waals surface area contributed by atoms with Gasteiger partial charge in [0.15, 0.2) is 0 Å². The Bertz CT molecular complexity index is 293. The van der Waals surface area contributed by atoms with Crippen LogP contribution in [-0.2, 0) is 6.54 Å². The molecule has 0 fully saturated rings. The molecule has 0 amide bonds. The van der Waals surface area contributed by atoms with Gasteiger partial charge in [-0.05, 0) is 25.5 Å². The van der Waals surface area contributed by atoms with Crippen molar-refractivity contribution in [1.82, 2.24) is 5.32 Å². The summed E-state index contributed by atoms with van der Waals surface area (Å²) < 4.78 is 0. The first-order valence-corrected chi connectivity index (χ1v) is 5.34. The molecule has 0 saturated heterocycles. The van der Waals surface area contributed by atoms with E-state index in [-0.39, 0.29) is 6.61 Å². The molecule has 2 N–H and O–H groups in total. The van der Waals surface area contributed by atoms with Crippen LogP contribution in [0.5, 0.6) is 0 Å². The van der Waals surface area contributed by atoms with E-state index in [0.29, 0.717) is 0 Å². The number of nitrogens with one attached hydrogen (secondary N) is 1. The lowest BCUT2D eigenvalue weighted by molar-refractivity contribution is 0.341. The van der Waals surface area contributed by atoms with Crippen LogP contribution in [0.1, 0.15) is 18.9 Å². The summed E-state index contributed by atoms with van der Waals surface area (Å²) in [4.78, 5) is 0. The van der Waals surface area contributed by atoms with Gasteiger partial charge in [0, 0.05) is 6.54 Å². The molecule has 0 aromatic heterocycles. The van der Waals surface area contributed by atoms with E-state index in [1.165, 1.54) is 11.1 Å². The molecule has 1 aromatic carbocycles. The Hall–Kier alpha value is -1.12. The van der Waals surface area contributed by atoms with E-state index in [4.69, 9.17) is 5.11 Å². The molecule has 0 aliphatic heterocycles. The fourth-order valence-corrected chi connectivity index (χ4v) is 1.37. The average Bonchev–Trinajstić information content (AvgIpc) is 2.26. The summed E-state index contributed by atoms with van der Waals surface area (Å²) in [6, 6.07) is 10.4. The van der Waals surface area contributed by atoms with Gasteiger partial charge in [0.2, 0.25) is 0 Å². The highest BCUT2D eigenvalue weighted by atomic mass is 16.2. The smallest absolute Gasteiger partial charge is 0.0614 e. The molecular formula is C13H19NO. The van der Waals surface area contributed by atoms with Crippen molar-refractivity contribution in [2.45, 2.75) is 19.9 Å². The maximum absolute atomic E-state index is 8.67. The van der Waals surface area contributed by atoms with Crippen LogP contribution >= 0.6 is 0 Å². The number of hydrogen-bond donors (Lipinski definition) is 2. The maximum Gasteiger partial charge on any atom is 0.0614 e. The fraction of sp³-hybridized carbons (Fsp3) is 0.385. The third-order valence-electron chi connectivity index (χ3n) is 2.31. The normalized spacial score (nSPS) is 11.7. The van der Waals surface area contributed by atoms with Gasteiger partial charge < -0.3 is 10.4 Å². The molecule has 0 saturated carbocycles. The largest absolute Gasteiger partial charge is 0.392 e. The van der Waals surface area contributed by atoms with Crippen molar-refractivity contribution in [3.8, 4) is 0 Å². The van der Waals surface area contributed by atoms with Crippen LogP contribution in [0.3, 0.4) is 0 Å². The van der Waals surface area contributed by atoms with Crippen LogP contribution in [0.25, 0.3) is 0 Å². The highest BCUT2D eigenvalue weighted by Gasteiger charge is 1.92. The quantitative estimate of drug-likeness (QED) is 0.550. The van der Waals surface area contributed by atoms with Crippen LogP contribution in [0, 0.1) is 0 Å². The van der Waals surface area contributed by atoms with E-state index in [0.717, 1.165) is 19.5 Å². The Morgan fingerprint density at radius 1 is 1.33 bits per heavy atom. The van der Waals surface area contributed by atoms with Crippen molar-refractivity contribution in [2.24, 2.45) is 0 Å². The number of rotatable bonds is 6. The van der Waals surface area contributed by atoms with Crippen LogP contribution in [0.4, 0.5) is 0 Å². The molecule has 0 atom stereocenters. The minimum atomic E-state index is 0.143. The lowest BCUT2D eigenvalue weighted by Gasteiger charge is -2.04. The van der Waals surface area contributed by atoms with E-state index < -0.39 is 0 Å². The molecule has 0 spiro atoms. The third kappa shape index (κ3) is 5.35. The topological polar surface area (TPSA) is 32.3 Å². The summed E-state index contributed by atoms with van der Waals surface area (Å²) in [5.74, 6) is 0. The summed E-state index contributed by atoms with van der Waals surface area (Å²) in [5.41, 5.74) is 2.54. The molecule has 1 aromatic rings. The van der Waals surface area contributed by atoms with Crippen molar-refractivity contribution >= 4 is 0 Å². The van der Waals surface area contributed by atoms with Crippen molar-refractivity contribution < 1.29 is 5.11 Å². The van der Waals surface area contributed by atoms with Gasteiger partial charge >= 0.3 is 0 Å². The molecule has 0 aliphatic carbocycles. The molecule has 15 heavy (non-hydrogen) atoms. The summed E-state index contributed by atoms with van der Waals surface area (Å²) in [5, 5.41) is 12.0. The van der Waals surface area contributed by atoms with Crippen LogP contribution in [0.2, 0.25) is 0 Å². The zero-order chi connectivity index (χ0) is 10.9. The lowest BCUT2D eigenvalue weighted by Crippen LogP contribution is -2.14. The molecule has 0 heterocycles. The lowest BCUT2D eigenvalue weighted by atomic mass is 10.2. The predicted molar refractivity (Wildman–Crippen MR) is 63.6 cm³/mol. The first-order chi connectivity index (χ1) is 7.33. The molecule has 1 rings (SSSR count). The standard InChI is InChI=1S/C13H19NO/c1-12(8-10-15)7-9-14-11-13-5-3-2-4-6-13/h2-6,8,14-15H,7,9-11H2,1H3. The van der Waals surface area contributed by atoms with E-state index in [9.17, 15) is 0 Å². The van der Waals surface area contributed by atoms with Gasteiger partial charge in [-0.1, -0.05) is 42.0 Å². The van der Waals surface area contributed by atoms with E-state index >= 15 is 0 Å². The van der Waals surface area contributed by atoms with Gasteiger partial charge in [-0.2, -0.15) is 0 Å². The second kappa shape index (κ2) is 7.21. The SMILES string of the molecule is CC(=CCO)CCNCc1ccccc1. The molecule has 0 radical (unpaired) electrons. The summed E-state index contributed by atoms with van der Waals surface area (Å²) in [6.45, 7) is 4.05. The predicted octanol–water partition coefficient (Wildman–Crippen LogP) is 2.10. The minimum absolute atomic E-state index is 0.143. The first kappa shape index (κ1) is 12.0. The zero-order valence-corrected chi connectivity index (χ0v) is 9.24. The van der Waals surface area contributed by atoms with Gasteiger partial charge in [0.05, 0.1) is 6.61 Å². The Kier molecular flexibility index (Phi) is 5.74. The molecular weight excluding hydrogens is 186 g/mol. The molecule has 0 aliphatic rings. The number of hydrogen-bond acceptors (Lipinski definition) is 2. The second-order valence-electron chi connectivity index (χ2n) is 3.65. The Balaban J connectivity index is 2.15. The molecule has 0 bridgehead atoms. The summed E-state index contributed by atoms with van der Waals surface area (Å²) in [7, 11) is 0. The van der Waals surface area contributed by atoms with E-state index in [1.807, 2.05) is 31.2 Å². The minimum Gasteiger partial charge on any atom is -0.392 e. The fourth-order valence-electron chi connectivity index (χ4n) is 1.37. The molecule has 0 unspecified atom stereocenters. The van der Waals surface area contributed by atoms with Crippen LogP contribution in [0.15, 0.2) is 42.0 Å². The van der Waals surface area contributed by atoms with E-state index in [1.54, 1.807) is 0 Å². The third-order valence-corrected chi connectivity index (χ3v) is 2.31. The Morgan fingerprint density at radius 2 is 2.07 bits per heavy atom.